The van der Waals surface area contributed by atoms with Crippen LogP contribution in [-0.2, 0) is 22.2 Å². The summed E-state index contributed by atoms with van der Waals surface area (Å²) in [6.07, 6.45) is -5.45. The van der Waals surface area contributed by atoms with Crippen molar-refractivity contribution in [1.29, 1.82) is 0 Å². The zero-order valence-electron chi connectivity index (χ0n) is 16.7. The van der Waals surface area contributed by atoms with Gasteiger partial charge in [0, 0.05) is 22.6 Å². The Morgan fingerprint density at radius 3 is 2.74 bits per heavy atom. The molecule has 0 saturated carbocycles. The zero-order chi connectivity index (χ0) is 22.5. The number of anilines is 2. The number of amides is 2. The van der Waals surface area contributed by atoms with Gasteiger partial charge < -0.3 is 15.4 Å². The molecule has 0 saturated heterocycles. The molecule has 1 atom stereocenters. The maximum absolute atomic E-state index is 12.9. The molecule has 3 aromatic rings. The van der Waals surface area contributed by atoms with E-state index in [1.807, 2.05) is 0 Å². The van der Waals surface area contributed by atoms with Gasteiger partial charge in [0.1, 0.15) is 5.75 Å². The minimum absolute atomic E-state index is 0.140. The van der Waals surface area contributed by atoms with Gasteiger partial charge in [-0.3, -0.25) is 9.59 Å². The first-order chi connectivity index (χ1) is 14.5. The van der Waals surface area contributed by atoms with Crippen molar-refractivity contribution in [2.75, 3.05) is 10.6 Å². The molecule has 1 aliphatic heterocycles. The number of carbonyl (C=O) groups excluding carboxylic acids is 2. The maximum atomic E-state index is 12.9. The molecule has 2 amide bonds. The van der Waals surface area contributed by atoms with E-state index in [9.17, 15) is 22.8 Å². The number of ether oxygens (including phenoxy) is 1. The highest BCUT2D eigenvalue weighted by atomic mass is 19.4. The Morgan fingerprint density at radius 2 is 2.03 bits per heavy atom. The highest BCUT2D eigenvalue weighted by Gasteiger charge is 2.37. The number of aromatic nitrogens is 4. The van der Waals surface area contributed by atoms with Gasteiger partial charge in [-0.1, -0.05) is 0 Å². The molecule has 0 spiro atoms. The zero-order valence-corrected chi connectivity index (χ0v) is 16.7. The van der Waals surface area contributed by atoms with E-state index in [1.54, 1.807) is 39.0 Å². The van der Waals surface area contributed by atoms with E-state index in [0.29, 0.717) is 34.1 Å². The third-order valence-corrected chi connectivity index (χ3v) is 4.83. The van der Waals surface area contributed by atoms with Crippen molar-refractivity contribution >= 4 is 29.0 Å². The summed E-state index contributed by atoms with van der Waals surface area (Å²) in [5, 5.41) is 8.86. The average Bonchev–Trinajstić information content (AvgIpc) is 3.11. The van der Waals surface area contributed by atoms with E-state index in [0.717, 1.165) is 4.52 Å². The summed E-state index contributed by atoms with van der Waals surface area (Å²) in [5.41, 5.74) is 2.00. The molecule has 162 valence electrons. The SMILES string of the molecule is Cc1nc2nc(C(F)(F)F)nn2c(C)c1CC(=O)Nc1ccc2c(c1)NC(=O)[C@@H](C)O2. The molecule has 0 aliphatic carbocycles. The summed E-state index contributed by atoms with van der Waals surface area (Å²) in [4.78, 5) is 31.8. The quantitative estimate of drug-likeness (QED) is 0.656. The first-order valence-electron chi connectivity index (χ1n) is 9.24. The molecule has 2 N–H and O–H groups in total. The van der Waals surface area contributed by atoms with Crippen molar-refractivity contribution in [3.8, 4) is 5.75 Å². The highest BCUT2D eigenvalue weighted by Crippen LogP contribution is 2.32. The van der Waals surface area contributed by atoms with Gasteiger partial charge in [-0.25, -0.2) is 9.50 Å². The minimum Gasteiger partial charge on any atom is -0.479 e. The lowest BCUT2D eigenvalue weighted by atomic mass is 10.1. The molecule has 1 aliphatic rings. The van der Waals surface area contributed by atoms with Crippen molar-refractivity contribution in [1.82, 2.24) is 19.6 Å². The number of halogens is 3. The molecule has 3 heterocycles. The largest absolute Gasteiger partial charge is 0.479 e. The number of rotatable bonds is 3. The summed E-state index contributed by atoms with van der Waals surface area (Å²) >= 11 is 0. The topological polar surface area (TPSA) is 111 Å². The Kier molecular flexibility index (Phi) is 4.79. The van der Waals surface area contributed by atoms with Gasteiger partial charge in [-0.2, -0.15) is 18.2 Å². The number of aryl methyl sites for hydroxylation is 2. The van der Waals surface area contributed by atoms with E-state index in [1.165, 1.54) is 0 Å². The number of benzene rings is 1. The van der Waals surface area contributed by atoms with Crippen LogP contribution in [0.15, 0.2) is 18.2 Å². The number of hydrogen-bond donors (Lipinski definition) is 2. The van der Waals surface area contributed by atoms with Gasteiger partial charge in [-0.15, -0.1) is 5.10 Å². The summed E-state index contributed by atoms with van der Waals surface area (Å²) in [7, 11) is 0. The number of nitrogens with one attached hydrogen (secondary N) is 2. The highest BCUT2D eigenvalue weighted by molar-refractivity contribution is 5.99. The van der Waals surface area contributed by atoms with Crippen LogP contribution >= 0.6 is 0 Å². The Labute approximate surface area is 173 Å². The molecule has 12 heteroatoms. The molecule has 2 aromatic heterocycles. The second kappa shape index (κ2) is 7.22. The summed E-state index contributed by atoms with van der Waals surface area (Å²) in [5.74, 6) is -1.71. The minimum atomic E-state index is -4.70. The fourth-order valence-electron chi connectivity index (χ4n) is 3.24. The van der Waals surface area contributed by atoms with Gasteiger partial charge in [-0.05, 0) is 39.0 Å². The number of fused-ring (bicyclic) bond motifs is 2. The Bertz CT molecular complexity index is 1220. The van der Waals surface area contributed by atoms with Crippen molar-refractivity contribution in [2.45, 2.75) is 39.5 Å². The molecular formula is C19H17F3N6O3. The first-order valence-corrected chi connectivity index (χ1v) is 9.24. The molecular weight excluding hydrogens is 417 g/mol. The third kappa shape index (κ3) is 3.88. The average molecular weight is 434 g/mol. The van der Waals surface area contributed by atoms with E-state index in [-0.39, 0.29) is 18.1 Å². The molecule has 0 bridgehead atoms. The normalized spacial score (nSPS) is 15.9. The van der Waals surface area contributed by atoms with Crippen LogP contribution in [0.1, 0.15) is 29.7 Å². The molecule has 1 aromatic carbocycles. The molecule has 0 fully saturated rings. The summed E-state index contributed by atoms with van der Waals surface area (Å²) in [6, 6.07) is 4.80. The Morgan fingerprint density at radius 1 is 1.29 bits per heavy atom. The summed E-state index contributed by atoms with van der Waals surface area (Å²) in [6.45, 7) is 4.76. The van der Waals surface area contributed by atoms with Crippen LogP contribution in [0.5, 0.6) is 5.75 Å². The number of carbonyl (C=O) groups is 2. The van der Waals surface area contributed by atoms with Crippen LogP contribution in [0.2, 0.25) is 0 Å². The third-order valence-electron chi connectivity index (χ3n) is 4.83. The second-order valence-electron chi connectivity index (χ2n) is 7.09. The fourth-order valence-corrected chi connectivity index (χ4v) is 3.24. The lowest BCUT2D eigenvalue weighted by molar-refractivity contribution is -0.144. The second-order valence-corrected chi connectivity index (χ2v) is 7.09. The van der Waals surface area contributed by atoms with E-state index in [4.69, 9.17) is 4.74 Å². The lowest BCUT2D eigenvalue weighted by Crippen LogP contribution is -2.34. The first kappa shape index (κ1) is 20.6. The molecule has 9 nitrogen and oxygen atoms in total. The standard InChI is InChI=1S/C19H17F3N6O3/c1-8-12(9(2)28-18(23-8)26-17(27-28)19(20,21)22)7-15(29)24-11-4-5-14-13(6-11)25-16(30)10(3)31-14/h4-6,10H,7H2,1-3H3,(H,24,29)(H,25,30)/t10-/m1/s1. The van der Waals surface area contributed by atoms with E-state index in [2.05, 4.69) is 25.7 Å². The van der Waals surface area contributed by atoms with Gasteiger partial charge in [0.2, 0.25) is 5.91 Å². The Balaban J connectivity index is 1.56. The van der Waals surface area contributed by atoms with Gasteiger partial charge in [0.15, 0.2) is 6.10 Å². The molecule has 0 unspecified atom stereocenters. The van der Waals surface area contributed by atoms with Crippen LogP contribution in [0.4, 0.5) is 24.5 Å². The van der Waals surface area contributed by atoms with Crippen LogP contribution in [0.25, 0.3) is 5.78 Å². The van der Waals surface area contributed by atoms with E-state index >= 15 is 0 Å². The van der Waals surface area contributed by atoms with Crippen LogP contribution in [-0.4, -0.2) is 37.5 Å². The smallest absolute Gasteiger partial charge is 0.453 e. The molecule has 31 heavy (non-hydrogen) atoms. The van der Waals surface area contributed by atoms with Crippen LogP contribution in [0, 0.1) is 13.8 Å². The van der Waals surface area contributed by atoms with Crippen molar-refractivity contribution < 1.29 is 27.5 Å². The van der Waals surface area contributed by atoms with Gasteiger partial charge in [0.05, 0.1) is 12.1 Å². The monoisotopic (exact) mass is 434 g/mol. The van der Waals surface area contributed by atoms with Crippen LogP contribution in [0.3, 0.4) is 0 Å². The number of nitrogens with zero attached hydrogens (tertiary/aromatic N) is 4. The van der Waals surface area contributed by atoms with Gasteiger partial charge in [0.25, 0.3) is 17.5 Å². The molecule has 0 radical (unpaired) electrons. The Hall–Kier alpha value is -3.70. The predicted octanol–water partition coefficient (Wildman–Crippen LogP) is 2.66. The fraction of sp³-hybridized carbons (Fsp3) is 0.316. The van der Waals surface area contributed by atoms with E-state index < -0.39 is 24.0 Å². The van der Waals surface area contributed by atoms with Crippen LogP contribution < -0.4 is 15.4 Å². The van der Waals surface area contributed by atoms with Crippen molar-refractivity contribution in [3.05, 3.63) is 41.0 Å². The summed E-state index contributed by atoms with van der Waals surface area (Å²) < 4.78 is 45.2. The maximum Gasteiger partial charge on any atom is 0.453 e. The predicted molar refractivity (Wildman–Crippen MR) is 103 cm³/mol. The lowest BCUT2D eigenvalue weighted by Gasteiger charge is -2.23. The number of alkyl halides is 3. The van der Waals surface area contributed by atoms with Crippen molar-refractivity contribution in [3.63, 3.8) is 0 Å². The van der Waals surface area contributed by atoms with Gasteiger partial charge >= 0.3 is 6.18 Å². The molecule has 4 rings (SSSR count). The van der Waals surface area contributed by atoms with Crippen molar-refractivity contribution in [2.24, 2.45) is 0 Å². The number of hydrogen-bond acceptors (Lipinski definition) is 6.